The molecule has 0 aliphatic rings. The molecule has 0 aromatic carbocycles. The lowest BCUT2D eigenvalue weighted by atomic mass is 10.1. The molecule has 0 bridgehead atoms. The molecule has 0 atom stereocenters. The average Bonchev–Trinajstić information content (AvgIpc) is 3.01. The zero-order valence-electron chi connectivity index (χ0n) is 13.7. The van der Waals surface area contributed by atoms with Crippen LogP contribution in [0.1, 0.15) is 26.5 Å². The minimum absolute atomic E-state index is 0.0451. The van der Waals surface area contributed by atoms with Gasteiger partial charge in [0.15, 0.2) is 5.96 Å². The number of hydrogen-bond donors (Lipinski definition) is 3. The van der Waals surface area contributed by atoms with Gasteiger partial charge in [-0.3, -0.25) is 4.79 Å². The Morgan fingerprint density at radius 3 is 2.73 bits per heavy atom. The molecule has 0 saturated carbocycles. The molecule has 1 heterocycles. The number of nitrogens with one attached hydrogen (secondary N) is 3. The van der Waals surface area contributed by atoms with E-state index in [9.17, 15) is 4.79 Å². The molecular weight excluding hydrogens is 284 g/mol. The summed E-state index contributed by atoms with van der Waals surface area (Å²) in [5.41, 5.74) is -0.308. The lowest BCUT2D eigenvalue weighted by Crippen LogP contribution is -2.45. The van der Waals surface area contributed by atoms with Crippen LogP contribution in [-0.4, -0.2) is 44.2 Å². The van der Waals surface area contributed by atoms with Crippen LogP contribution >= 0.6 is 0 Å². The summed E-state index contributed by atoms with van der Waals surface area (Å²) < 4.78 is 10.5. The van der Waals surface area contributed by atoms with Crippen LogP contribution in [0.25, 0.3) is 0 Å². The molecule has 0 unspecified atom stereocenters. The Balaban J connectivity index is 2.41. The second-order valence-electron chi connectivity index (χ2n) is 5.37. The molecule has 3 N–H and O–H groups in total. The van der Waals surface area contributed by atoms with Crippen LogP contribution in [-0.2, 0) is 16.1 Å². The van der Waals surface area contributed by atoms with Crippen molar-refractivity contribution < 1.29 is 13.9 Å². The Hall–Kier alpha value is -2.02. The molecule has 7 heteroatoms. The molecule has 0 saturated heterocycles. The number of nitrogens with zero attached hydrogens (tertiary/aromatic N) is 1. The molecule has 1 amide bonds. The predicted molar refractivity (Wildman–Crippen MR) is 85.6 cm³/mol. The number of carbonyl (C=O) groups excluding carboxylic acids is 1. The summed E-state index contributed by atoms with van der Waals surface area (Å²) in [6, 6.07) is 3.59. The van der Waals surface area contributed by atoms with Crippen LogP contribution in [0.4, 0.5) is 0 Å². The first-order valence-corrected chi connectivity index (χ1v) is 7.33. The van der Waals surface area contributed by atoms with Crippen LogP contribution < -0.4 is 16.0 Å². The highest BCUT2D eigenvalue weighted by Crippen LogP contribution is 2.04. The maximum absolute atomic E-state index is 11.8. The van der Waals surface area contributed by atoms with E-state index in [1.54, 1.807) is 19.4 Å². The van der Waals surface area contributed by atoms with Crippen LogP contribution in [0.5, 0.6) is 0 Å². The van der Waals surface area contributed by atoms with E-state index in [1.807, 2.05) is 26.8 Å². The number of carbonyl (C=O) groups is 1. The Kier molecular flexibility index (Phi) is 7.45. The fraction of sp³-hybridized carbons (Fsp3) is 0.600. The molecule has 0 spiro atoms. The standard InChI is InChI=1S/C15H26N4O3/c1-5-16-14(19-11-15(2,3)21-4)18-10-13(20)17-9-12-7-6-8-22-12/h6-8H,5,9-11H2,1-4H3,(H,17,20)(H2,16,18,19). The summed E-state index contributed by atoms with van der Waals surface area (Å²) in [5, 5.41) is 8.99. The third-order valence-electron chi connectivity index (χ3n) is 3.00. The number of hydrogen-bond acceptors (Lipinski definition) is 4. The normalized spacial score (nSPS) is 12.1. The third kappa shape index (κ3) is 7.12. The van der Waals surface area contributed by atoms with Gasteiger partial charge in [0.2, 0.25) is 5.91 Å². The van der Waals surface area contributed by atoms with Crippen LogP contribution in [0.2, 0.25) is 0 Å². The maximum atomic E-state index is 11.8. The van der Waals surface area contributed by atoms with Gasteiger partial charge in [-0.05, 0) is 32.9 Å². The fourth-order valence-electron chi connectivity index (χ4n) is 1.52. The number of aliphatic imine (C=N–C) groups is 1. The SMILES string of the molecule is CCNC(=NCC(=O)NCc1ccco1)NCC(C)(C)OC. The van der Waals surface area contributed by atoms with Crippen molar-refractivity contribution in [2.75, 3.05) is 26.7 Å². The molecule has 0 aliphatic carbocycles. The summed E-state index contributed by atoms with van der Waals surface area (Å²) in [6.07, 6.45) is 1.57. The van der Waals surface area contributed by atoms with Gasteiger partial charge < -0.3 is 25.1 Å². The zero-order valence-corrected chi connectivity index (χ0v) is 13.7. The summed E-state index contributed by atoms with van der Waals surface area (Å²) >= 11 is 0. The summed E-state index contributed by atoms with van der Waals surface area (Å²) in [6.45, 7) is 7.62. The molecule has 0 aliphatic heterocycles. The number of amides is 1. The number of guanidine groups is 1. The Bertz CT molecular complexity index is 469. The quantitative estimate of drug-likeness (QED) is 0.490. The van der Waals surface area contributed by atoms with Gasteiger partial charge in [-0.15, -0.1) is 0 Å². The van der Waals surface area contributed by atoms with Crippen LogP contribution in [0.15, 0.2) is 27.8 Å². The highest BCUT2D eigenvalue weighted by Gasteiger charge is 2.16. The molecule has 7 nitrogen and oxygen atoms in total. The van der Waals surface area contributed by atoms with E-state index in [0.717, 1.165) is 0 Å². The molecule has 22 heavy (non-hydrogen) atoms. The summed E-state index contributed by atoms with van der Waals surface area (Å²) in [4.78, 5) is 16.0. The molecule has 124 valence electrons. The Morgan fingerprint density at radius 2 is 2.14 bits per heavy atom. The van der Waals surface area contributed by atoms with E-state index in [2.05, 4.69) is 20.9 Å². The van der Waals surface area contributed by atoms with Gasteiger partial charge in [0.05, 0.1) is 18.4 Å². The van der Waals surface area contributed by atoms with Crippen molar-refractivity contribution in [2.45, 2.75) is 32.9 Å². The maximum Gasteiger partial charge on any atom is 0.242 e. The molecule has 0 radical (unpaired) electrons. The van der Waals surface area contributed by atoms with Crippen molar-refractivity contribution in [3.8, 4) is 0 Å². The van der Waals surface area contributed by atoms with Gasteiger partial charge in [0, 0.05) is 20.2 Å². The van der Waals surface area contributed by atoms with Crippen molar-refractivity contribution in [3.63, 3.8) is 0 Å². The van der Waals surface area contributed by atoms with E-state index < -0.39 is 0 Å². The smallest absolute Gasteiger partial charge is 0.242 e. The number of methoxy groups -OCH3 is 1. The van der Waals surface area contributed by atoms with Gasteiger partial charge in [0.1, 0.15) is 12.3 Å². The fourth-order valence-corrected chi connectivity index (χ4v) is 1.52. The monoisotopic (exact) mass is 310 g/mol. The van der Waals surface area contributed by atoms with E-state index >= 15 is 0 Å². The average molecular weight is 310 g/mol. The van der Waals surface area contributed by atoms with E-state index in [4.69, 9.17) is 9.15 Å². The summed E-state index contributed by atoms with van der Waals surface area (Å²) in [7, 11) is 1.66. The highest BCUT2D eigenvalue weighted by atomic mass is 16.5. The number of furan rings is 1. The lowest BCUT2D eigenvalue weighted by molar-refractivity contribution is -0.119. The first-order valence-electron chi connectivity index (χ1n) is 7.33. The number of ether oxygens (including phenoxy) is 1. The van der Waals surface area contributed by atoms with Gasteiger partial charge in [0.25, 0.3) is 0 Å². The van der Waals surface area contributed by atoms with Gasteiger partial charge >= 0.3 is 0 Å². The molecule has 0 fully saturated rings. The number of rotatable bonds is 8. The van der Waals surface area contributed by atoms with Gasteiger partial charge in [-0.2, -0.15) is 0 Å². The largest absolute Gasteiger partial charge is 0.467 e. The van der Waals surface area contributed by atoms with Crippen molar-refractivity contribution in [2.24, 2.45) is 4.99 Å². The van der Waals surface area contributed by atoms with E-state index in [1.165, 1.54) is 0 Å². The first-order chi connectivity index (χ1) is 10.5. The van der Waals surface area contributed by atoms with Crippen molar-refractivity contribution >= 4 is 11.9 Å². The second-order valence-corrected chi connectivity index (χ2v) is 5.37. The van der Waals surface area contributed by atoms with Gasteiger partial charge in [-0.1, -0.05) is 0 Å². The molecule has 1 aromatic heterocycles. The second kappa shape index (κ2) is 9.09. The first kappa shape index (κ1) is 18.0. The molecule has 1 aromatic rings. The minimum atomic E-state index is -0.308. The summed E-state index contributed by atoms with van der Waals surface area (Å²) in [5.74, 6) is 1.13. The predicted octanol–water partition coefficient (Wildman–Crippen LogP) is 0.876. The minimum Gasteiger partial charge on any atom is -0.467 e. The van der Waals surface area contributed by atoms with Crippen molar-refractivity contribution in [1.82, 2.24) is 16.0 Å². The molecule has 1 rings (SSSR count). The zero-order chi connectivity index (χ0) is 16.4. The van der Waals surface area contributed by atoms with Crippen LogP contribution in [0, 0.1) is 0 Å². The Morgan fingerprint density at radius 1 is 1.36 bits per heavy atom. The van der Waals surface area contributed by atoms with E-state index in [0.29, 0.717) is 31.4 Å². The van der Waals surface area contributed by atoms with Crippen molar-refractivity contribution in [1.29, 1.82) is 0 Å². The van der Waals surface area contributed by atoms with E-state index in [-0.39, 0.29) is 18.1 Å². The van der Waals surface area contributed by atoms with Crippen molar-refractivity contribution in [3.05, 3.63) is 24.2 Å². The molecular formula is C15H26N4O3. The van der Waals surface area contributed by atoms with Crippen LogP contribution in [0.3, 0.4) is 0 Å². The third-order valence-corrected chi connectivity index (χ3v) is 3.00. The topological polar surface area (TPSA) is 87.9 Å². The lowest BCUT2D eigenvalue weighted by Gasteiger charge is -2.24. The van der Waals surface area contributed by atoms with Gasteiger partial charge in [-0.25, -0.2) is 4.99 Å². The highest BCUT2D eigenvalue weighted by molar-refractivity contribution is 5.84. The Labute approximate surface area is 131 Å².